The first-order valence-electron chi connectivity index (χ1n) is 10.5. The minimum atomic E-state index is -0.955. The van der Waals surface area contributed by atoms with Gasteiger partial charge in [-0.25, -0.2) is 4.68 Å². The molecular formula is C25H19Cl3N4O3. The van der Waals surface area contributed by atoms with Crippen LogP contribution in [-0.4, -0.2) is 22.4 Å². The molecule has 7 nitrogen and oxygen atoms in total. The molecule has 0 aliphatic carbocycles. The Hall–Kier alpha value is -3.52. The minimum Gasteiger partial charge on any atom is -0.321 e. The number of hydrogen-bond donors (Lipinski definition) is 3. The molecule has 0 fully saturated rings. The highest BCUT2D eigenvalue weighted by molar-refractivity contribution is 6.42. The van der Waals surface area contributed by atoms with E-state index in [4.69, 9.17) is 34.8 Å². The molecule has 0 bridgehead atoms. The summed E-state index contributed by atoms with van der Waals surface area (Å²) < 4.78 is 1.24. The molecule has 0 unspecified atom stereocenters. The molecule has 0 radical (unpaired) electrons. The summed E-state index contributed by atoms with van der Waals surface area (Å²) in [7, 11) is 0. The van der Waals surface area contributed by atoms with E-state index >= 15 is 0 Å². The third-order valence-electron chi connectivity index (χ3n) is 5.18. The van der Waals surface area contributed by atoms with Crippen molar-refractivity contribution in [2.45, 2.75) is 13.3 Å². The van der Waals surface area contributed by atoms with E-state index in [0.29, 0.717) is 43.8 Å². The fraction of sp³-hybridized carbons (Fsp3) is 0.0800. The van der Waals surface area contributed by atoms with Crippen molar-refractivity contribution < 1.29 is 14.4 Å². The summed E-state index contributed by atoms with van der Waals surface area (Å²) in [6, 6.07) is 18.2. The van der Waals surface area contributed by atoms with Crippen LogP contribution in [0.2, 0.25) is 15.1 Å². The molecule has 1 heterocycles. The molecule has 3 amide bonds. The number of anilines is 2. The summed E-state index contributed by atoms with van der Waals surface area (Å²) in [6.07, 6.45) is 0.679. The number of para-hydroxylation sites is 1. The third kappa shape index (κ3) is 5.59. The molecule has 1 aromatic heterocycles. The topological polar surface area (TPSA) is 92.2 Å². The lowest BCUT2D eigenvalue weighted by molar-refractivity contribution is -0.133. The quantitative estimate of drug-likeness (QED) is 0.272. The van der Waals surface area contributed by atoms with Gasteiger partial charge in [0.05, 0.1) is 5.52 Å². The molecule has 3 aromatic carbocycles. The molecular weight excluding hydrogens is 511 g/mol. The van der Waals surface area contributed by atoms with Crippen LogP contribution >= 0.6 is 34.8 Å². The smallest absolute Gasteiger partial charge is 0.321 e. The first-order chi connectivity index (χ1) is 16.7. The largest absolute Gasteiger partial charge is 0.328 e. The number of hydrogen-bond acceptors (Lipinski definition) is 3. The Morgan fingerprint density at radius 3 is 2.23 bits per heavy atom. The number of benzene rings is 3. The molecule has 4 aromatic rings. The second-order valence-corrected chi connectivity index (χ2v) is 8.90. The number of nitrogens with one attached hydrogen (secondary N) is 3. The fourth-order valence-electron chi connectivity index (χ4n) is 3.58. The number of amides is 3. The lowest BCUT2D eigenvalue weighted by Gasteiger charge is -2.14. The summed E-state index contributed by atoms with van der Waals surface area (Å²) in [6.45, 7) is 1.94. The average Bonchev–Trinajstić information content (AvgIpc) is 3.16. The Balaban J connectivity index is 1.64. The van der Waals surface area contributed by atoms with E-state index in [-0.39, 0.29) is 5.69 Å². The Kier molecular flexibility index (Phi) is 7.31. The van der Waals surface area contributed by atoms with E-state index < -0.39 is 17.7 Å². The molecule has 0 atom stereocenters. The van der Waals surface area contributed by atoms with Crippen molar-refractivity contribution >= 4 is 74.8 Å². The van der Waals surface area contributed by atoms with Crippen LogP contribution < -0.4 is 16.1 Å². The highest BCUT2D eigenvalue weighted by Crippen LogP contribution is 2.26. The molecule has 35 heavy (non-hydrogen) atoms. The standard InChI is InChI=1S/C25H19Cl3N4O3/c1-2-14-5-3-4-6-20(14)30-24(34)25(35)31-32-21-8-7-16(26)9-15(21)10-22(32)23(33)29-19-12-17(27)11-18(28)13-19/h3-13H,2H2,1H3,(H,29,33)(H,30,34)(H,31,35). The zero-order chi connectivity index (χ0) is 25.1. The van der Waals surface area contributed by atoms with Crippen LogP contribution in [0.25, 0.3) is 10.9 Å². The van der Waals surface area contributed by atoms with Gasteiger partial charge < -0.3 is 10.6 Å². The second-order valence-electron chi connectivity index (χ2n) is 7.59. The van der Waals surface area contributed by atoms with Crippen molar-refractivity contribution in [3.05, 3.63) is 93.1 Å². The molecule has 4 rings (SSSR count). The van der Waals surface area contributed by atoms with Crippen molar-refractivity contribution in [3.63, 3.8) is 0 Å². The summed E-state index contributed by atoms with van der Waals surface area (Å²) in [5.74, 6) is -2.40. The van der Waals surface area contributed by atoms with Gasteiger partial charge in [0.1, 0.15) is 5.69 Å². The van der Waals surface area contributed by atoms with Crippen molar-refractivity contribution in [3.8, 4) is 0 Å². The molecule has 0 spiro atoms. The zero-order valence-electron chi connectivity index (χ0n) is 18.4. The van der Waals surface area contributed by atoms with Crippen molar-refractivity contribution in [2.24, 2.45) is 0 Å². The predicted molar refractivity (Wildman–Crippen MR) is 140 cm³/mol. The van der Waals surface area contributed by atoms with Crippen molar-refractivity contribution in [1.29, 1.82) is 0 Å². The maximum absolute atomic E-state index is 13.1. The van der Waals surface area contributed by atoms with Crippen LogP contribution in [0.3, 0.4) is 0 Å². The lowest BCUT2D eigenvalue weighted by atomic mass is 10.1. The Morgan fingerprint density at radius 2 is 1.51 bits per heavy atom. The van der Waals surface area contributed by atoms with Gasteiger partial charge in [0.25, 0.3) is 5.91 Å². The number of carbonyl (C=O) groups is 3. The van der Waals surface area contributed by atoms with Gasteiger partial charge in [0, 0.05) is 31.8 Å². The monoisotopic (exact) mass is 528 g/mol. The maximum Gasteiger partial charge on any atom is 0.328 e. The number of fused-ring (bicyclic) bond motifs is 1. The maximum atomic E-state index is 13.1. The molecule has 3 N–H and O–H groups in total. The van der Waals surface area contributed by atoms with Gasteiger partial charge >= 0.3 is 11.8 Å². The number of aryl methyl sites for hydroxylation is 1. The Bertz CT molecular complexity index is 1450. The molecule has 0 aliphatic heterocycles. The average molecular weight is 530 g/mol. The predicted octanol–water partition coefficient (Wildman–Crippen LogP) is 6.13. The number of carbonyl (C=O) groups excluding carboxylic acids is 3. The minimum absolute atomic E-state index is 0.0634. The lowest BCUT2D eigenvalue weighted by Crippen LogP contribution is -2.36. The first-order valence-corrected chi connectivity index (χ1v) is 11.7. The summed E-state index contributed by atoms with van der Waals surface area (Å²) in [5.41, 5.74) is 4.83. The van der Waals surface area contributed by atoms with E-state index in [9.17, 15) is 14.4 Å². The van der Waals surface area contributed by atoms with E-state index in [1.807, 2.05) is 19.1 Å². The van der Waals surface area contributed by atoms with Gasteiger partial charge in [-0.05, 0) is 60.5 Å². The molecule has 10 heteroatoms. The highest BCUT2D eigenvalue weighted by atomic mass is 35.5. The number of aromatic nitrogens is 1. The molecule has 0 saturated heterocycles. The van der Waals surface area contributed by atoms with Crippen LogP contribution in [0.5, 0.6) is 0 Å². The van der Waals surface area contributed by atoms with E-state index in [1.165, 1.54) is 22.9 Å². The van der Waals surface area contributed by atoms with E-state index in [1.54, 1.807) is 36.4 Å². The van der Waals surface area contributed by atoms with Crippen LogP contribution in [0.15, 0.2) is 66.7 Å². The van der Waals surface area contributed by atoms with Gasteiger partial charge in [0.2, 0.25) is 0 Å². The summed E-state index contributed by atoms with van der Waals surface area (Å²) in [5, 5.41) is 7.04. The van der Waals surface area contributed by atoms with Crippen LogP contribution in [-0.2, 0) is 16.0 Å². The molecule has 178 valence electrons. The molecule has 0 saturated carbocycles. The SMILES string of the molecule is CCc1ccccc1NC(=O)C(=O)Nn1c(C(=O)Nc2cc(Cl)cc(Cl)c2)cc2cc(Cl)ccc21. The van der Waals surface area contributed by atoms with Gasteiger partial charge in [-0.1, -0.05) is 59.9 Å². The third-order valence-corrected chi connectivity index (χ3v) is 5.85. The van der Waals surface area contributed by atoms with Gasteiger partial charge in [-0.2, -0.15) is 0 Å². The fourth-order valence-corrected chi connectivity index (χ4v) is 4.28. The number of halogens is 3. The summed E-state index contributed by atoms with van der Waals surface area (Å²) >= 11 is 18.2. The normalized spacial score (nSPS) is 10.7. The molecule has 0 aliphatic rings. The number of rotatable bonds is 5. The van der Waals surface area contributed by atoms with Crippen LogP contribution in [0.4, 0.5) is 11.4 Å². The summed E-state index contributed by atoms with van der Waals surface area (Å²) in [4.78, 5) is 38.6. The Labute approximate surface area is 215 Å². The first kappa shape index (κ1) is 24.6. The van der Waals surface area contributed by atoms with Gasteiger partial charge in [-0.3, -0.25) is 19.8 Å². The number of nitrogens with zero attached hydrogens (tertiary/aromatic N) is 1. The second kappa shape index (κ2) is 10.4. The van der Waals surface area contributed by atoms with Crippen LogP contribution in [0.1, 0.15) is 23.0 Å². The van der Waals surface area contributed by atoms with Crippen molar-refractivity contribution in [2.75, 3.05) is 16.1 Å². The van der Waals surface area contributed by atoms with Crippen molar-refractivity contribution in [1.82, 2.24) is 4.68 Å². The van der Waals surface area contributed by atoms with Gasteiger partial charge in [0.15, 0.2) is 0 Å². The van der Waals surface area contributed by atoms with E-state index in [2.05, 4.69) is 16.1 Å². The van der Waals surface area contributed by atoms with E-state index in [0.717, 1.165) is 5.56 Å². The Morgan fingerprint density at radius 1 is 0.800 bits per heavy atom. The van der Waals surface area contributed by atoms with Crippen LogP contribution in [0, 0.1) is 0 Å². The zero-order valence-corrected chi connectivity index (χ0v) is 20.6. The highest BCUT2D eigenvalue weighted by Gasteiger charge is 2.22. The van der Waals surface area contributed by atoms with Gasteiger partial charge in [-0.15, -0.1) is 0 Å².